The van der Waals surface area contributed by atoms with Crippen LogP contribution in [0.2, 0.25) is 0 Å². The first-order valence-corrected chi connectivity index (χ1v) is 9.80. The average Bonchev–Trinajstić information content (AvgIpc) is 2.68. The Balaban J connectivity index is 0.00000261. The Morgan fingerprint density at radius 3 is 2.30 bits per heavy atom. The number of methoxy groups -OCH3 is 1. The van der Waals surface area contributed by atoms with E-state index in [0.717, 1.165) is 50.3 Å². The molecule has 0 saturated carbocycles. The number of halogens is 1. The summed E-state index contributed by atoms with van der Waals surface area (Å²) in [6.45, 7) is 2.27. The number of benzene rings is 2. The molecule has 0 atom stereocenters. The van der Waals surface area contributed by atoms with Crippen LogP contribution in [-0.4, -0.2) is 38.3 Å². The van der Waals surface area contributed by atoms with Gasteiger partial charge in [0.1, 0.15) is 17.6 Å². The smallest absolute Gasteiger partial charge is 0.122 e. The second-order valence-electron chi connectivity index (χ2n) is 7.28. The number of piperidine rings is 1. The molecule has 1 aliphatic rings. The fourth-order valence-electron chi connectivity index (χ4n) is 3.54. The second-order valence-corrected chi connectivity index (χ2v) is 7.28. The molecule has 0 spiro atoms. The summed E-state index contributed by atoms with van der Waals surface area (Å²) in [5, 5.41) is 0. The summed E-state index contributed by atoms with van der Waals surface area (Å²) in [5.41, 5.74) is 2.72. The molecule has 0 aliphatic carbocycles. The van der Waals surface area contributed by atoms with Gasteiger partial charge in [0.15, 0.2) is 0 Å². The van der Waals surface area contributed by atoms with Crippen molar-refractivity contribution in [3.05, 3.63) is 59.7 Å². The molecule has 148 valence electrons. The highest BCUT2D eigenvalue weighted by molar-refractivity contribution is 5.85. The fraction of sp³-hybridized carbons (Fsp3) is 0.478. The maximum absolute atomic E-state index is 6.34. The minimum atomic E-state index is 0. The maximum Gasteiger partial charge on any atom is 0.122 e. The fourth-order valence-corrected chi connectivity index (χ4v) is 3.54. The molecule has 0 unspecified atom stereocenters. The van der Waals surface area contributed by atoms with Crippen molar-refractivity contribution < 1.29 is 9.47 Å². The number of likely N-dealkylation sites (tertiary alicyclic amines) is 1. The van der Waals surface area contributed by atoms with Crippen molar-refractivity contribution in [3.8, 4) is 11.5 Å². The predicted octanol–water partition coefficient (Wildman–Crippen LogP) is 5.16. The van der Waals surface area contributed by atoms with E-state index in [4.69, 9.17) is 9.47 Å². The van der Waals surface area contributed by atoms with Crippen LogP contribution in [0.4, 0.5) is 0 Å². The van der Waals surface area contributed by atoms with E-state index >= 15 is 0 Å². The summed E-state index contributed by atoms with van der Waals surface area (Å²) in [6, 6.07) is 17.0. The van der Waals surface area contributed by atoms with Crippen LogP contribution in [0.15, 0.2) is 48.5 Å². The van der Waals surface area contributed by atoms with Crippen molar-refractivity contribution in [2.24, 2.45) is 0 Å². The van der Waals surface area contributed by atoms with Gasteiger partial charge in [0.05, 0.1) is 7.11 Å². The van der Waals surface area contributed by atoms with Crippen LogP contribution in [0.5, 0.6) is 11.5 Å². The molecule has 0 aromatic heterocycles. The molecule has 2 aromatic carbocycles. The van der Waals surface area contributed by atoms with E-state index in [2.05, 4.69) is 48.3 Å². The molecule has 1 heterocycles. The van der Waals surface area contributed by atoms with Crippen LogP contribution in [0.25, 0.3) is 0 Å². The van der Waals surface area contributed by atoms with E-state index in [1.165, 1.54) is 24.0 Å². The zero-order valence-electron chi connectivity index (χ0n) is 16.5. The van der Waals surface area contributed by atoms with Crippen LogP contribution in [0.1, 0.15) is 36.8 Å². The van der Waals surface area contributed by atoms with Gasteiger partial charge in [0.25, 0.3) is 0 Å². The number of para-hydroxylation sites is 1. The van der Waals surface area contributed by atoms with Crippen molar-refractivity contribution in [2.45, 2.75) is 44.6 Å². The zero-order valence-corrected chi connectivity index (χ0v) is 17.3. The molecule has 27 heavy (non-hydrogen) atoms. The first-order valence-electron chi connectivity index (χ1n) is 9.80. The minimum absolute atomic E-state index is 0. The van der Waals surface area contributed by atoms with E-state index < -0.39 is 0 Å². The molecule has 0 N–H and O–H groups in total. The molecule has 4 heteroatoms. The molecule has 2 aromatic rings. The number of unbranched alkanes of at least 4 members (excludes halogenated alkanes) is 1. The number of nitrogens with zero attached hydrogens (tertiary/aromatic N) is 1. The quantitative estimate of drug-likeness (QED) is 0.582. The number of ether oxygens (including phenoxy) is 2. The lowest BCUT2D eigenvalue weighted by molar-refractivity contribution is 0.113. The lowest BCUT2D eigenvalue weighted by Crippen LogP contribution is -2.35. The summed E-state index contributed by atoms with van der Waals surface area (Å²) in [5.74, 6) is 2.01. The van der Waals surface area contributed by atoms with Crippen LogP contribution >= 0.6 is 12.4 Å². The van der Waals surface area contributed by atoms with E-state index in [1.807, 2.05) is 12.1 Å². The van der Waals surface area contributed by atoms with Gasteiger partial charge >= 0.3 is 0 Å². The lowest BCUT2D eigenvalue weighted by atomic mass is 10.0. The number of rotatable bonds is 8. The van der Waals surface area contributed by atoms with Crippen molar-refractivity contribution >= 4 is 12.4 Å². The Morgan fingerprint density at radius 2 is 1.59 bits per heavy atom. The first-order chi connectivity index (χ1) is 12.7. The van der Waals surface area contributed by atoms with E-state index in [-0.39, 0.29) is 12.4 Å². The highest BCUT2D eigenvalue weighted by Gasteiger charge is 2.18. The molecule has 3 nitrogen and oxygen atoms in total. The monoisotopic (exact) mass is 389 g/mol. The Hall–Kier alpha value is -1.71. The van der Waals surface area contributed by atoms with Crippen molar-refractivity contribution in [1.29, 1.82) is 0 Å². The van der Waals surface area contributed by atoms with Gasteiger partial charge in [0.2, 0.25) is 0 Å². The molecular weight excluding hydrogens is 358 g/mol. The van der Waals surface area contributed by atoms with Gasteiger partial charge in [-0.3, -0.25) is 0 Å². The topological polar surface area (TPSA) is 21.7 Å². The average molecular weight is 390 g/mol. The third-order valence-electron chi connectivity index (χ3n) is 5.25. The summed E-state index contributed by atoms with van der Waals surface area (Å²) in [6.07, 6.45) is 7.19. The standard InChI is InChI=1S/C23H31NO2.ClH/c1-24-17-15-22(16-18-24)26-23-10-6-5-9-20(23)8-4-3-7-19-11-13-21(25-2)14-12-19;/h5-6,9-14,22H,3-4,7-8,15-18H2,1-2H3;1H. The summed E-state index contributed by atoms with van der Waals surface area (Å²) >= 11 is 0. The van der Waals surface area contributed by atoms with Gasteiger partial charge in [-0.15, -0.1) is 12.4 Å². The number of hydrogen-bond donors (Lipinski definition) is 0. The van der Waals surface area contributed by atoms with Crippen LogP contribution < -0.4 is 9.47 Å². The molecule has 0 bridgehead atoms. The second kappa shape index (κ2) is 11.2. The van der Waals surface area contributed by atoms with Gasteiger partial charge in [-0.25, -0.2) is 0 Å². The summed E-state index contributed by atoms with van der Waals surface area (Å²) in [7, 11) is 3.90. The van der Waals surface area contributed by atoms with Crippen LogP contribution in [-0.2, 0) is 12.8 Å². The largest absolute Gasteiger partial charge is 0.497 e. The van der Waals surface area contributed by atoms with Gasteiger partial charge in [-0.2, -0.15) is 0 Å². The molecule has 1 fully saturated rings. The van der Waals surface area contributed by atoms with Gasteiger partial charge in [0, 0.05) is 13.1 Å². The Kier molecular flexibility index (Phi) is 8.96. The first kappa shape index (κ1) is 21.6. The third-order valence-corrected chi connectivity index (χ3v) is 5.25. The molecule has 1 aliphatic heterocycles. The Morgan fingerprint density at radius 1 is 0.926 bits per heavy atom. The molecule has 3 rings (SSSR count). The number of hydrogen-bond acceptors (Lipinski definition) is 3. The highest BCUT2D eigenvalue weighted by atomic mass is 35.5. The van der Waals surface area contributed by atoms with Crippen molar-refractivity contribution in [1.82, 2.24) is 4.90 Å². The van der Waals surface area contributed by atoms with Crippen LogP contribution in [0.3, 0.4) is 0 Å². The summed E-state index contributed by atoms with van der Waals surface area (Å²) < 4.78 is 11.6. The van der Waals surface area contributed by atoms with Crippen LogP contribution in [0, 0.1) is 0 Å². The Labute approximate surface area is 170 Å². The number of aryl methyl sites for hydroxylation is 2. The van der Waals surface area contributed by atoms with Crippen molar-refractivity contribution in [3.63, 3.8) is 0 Å². The molecule has 1 saturated heterocycles. The van der Waals surface area contributed by atoms with Gasteiger partial charge < -0.3 is 14.4 Å². The summed E-state index contributed by atoms with van der Waals surface area (Å²) in [4.78, 5) is 2.38. The molecular formula is C23H32ClNO2. The molecule has 0 amide bonds. The lowest BCUT2D eigenvalue weighted by Gasteiger charge is -2.30. The zero-order chi connectivity index (χ0) is 18.2. The minimum Gasteiger partial charge on any atom is -0.497 e. The maximum atomic E-state index is 6.34. The molecule has 0 radical (unpaired) electrons. The van der Waals surface area contributed by atoms with Gasteiger partial charge in [-0.1, -0.05) is 30.3 Å². The van der Waals surface area contributed by atoms with Gasteiger partial charge in [-0.05, 0) is 74.9 Å². The van der Waals surface area contributed by atoms with Crippen molar-refractivity contribution in [2.75, 3.05) is 27.2 Å². The van der Waals surface area contributed by atoms with E-state index in [0.29, 0.717) is 6.10 Å². The highest BCUT2D eigenvalue weighted by Crippen LogP contribution is 2.24. The Bertz CT molecular complexity index is 666. The van der Waals surface area contributed by atoms with E-state index in [9.17, 15) is 0 Å². The third kappa shape index (κ3) is 6.75. The normalized spacial score (nSPS) is 15.2. The SMILES string of the molecule is COc1ccc(CCCCc2ccccc2OC2CCN(C)CC2)cc1.Cl. The van der Waals surface area contributed by atoms with E-state index in [1.54, 1.807) is 7.11 Å². The predicted molar refractivity (Wildman–Crippen MR) is 114 cm³/mol.